The number of nitrogen functional groups attached to an aromatic ring is 1. The second-order valence-corrected chi connectivity index (χ2v) is 3.94. The molecule has 0 aliphatic heterocycles. The summed E-state index contributed by atoms with van der Waals surface area (Å²) in [6, 6.07) is 0. The lowest BCUT2D eigenvalue weighted by Gasteiger charge is -2.12. The molecule has 2 aromatic heterocycles. The number of aromatic nitrogens is 3. The average Bonchev–Trinajstić information content (AvgIpc) is 2.68. The van der Waals surface area contributed by atoms with E-state index in [1.165, 1.54) is 23.7 Å². The quantitative estimate of drug-likeness (QED) is 0.858. The van der Waals surface area contributed by atoms with E-state index in [0.717, 1.165) is 11.6 Å². The van der Waals surface area contributed by atoms with Gasteiger partial charge in [-0.25, -0.2) is 9.67 Å². The Hall–Kier alpha value is -1.50. The van der Waals surface area contributed by atoms with Gasteiger partial charge in [-0.05, 0) is 0 Å². The Morgan fingerprint density at radius 3 is 2.80 bits per heavy atom. The Morgan fingerprint density at radius 2 is 2.27 bits per heavy atom. The lowest BCUT2D eigenvalue weighted by Crippen LogP contribution is -2.16. The van der Waals surface area contributed by atoms with Crippen molar-refractivity contribution in [3.05, 3.63) is 23.5 Å². The fourth-order valence-electron chi connectivity index (χ4n) is 1.27. The van der Waals surface area contributed by atoms with Crippen molar-refractivity contribution in [1.29, 1.82) is 0 Å². The minimum Gasteiger partial charge on any atom is -0.396 e. The maximum atomic E-state index is 13.2. The van der Waals surface area contributed by atoms with Gasteiger partial charge in [-0.1, -0.05) is 0 Å². The van der Waals surface area contributed by atoms with Crippen LogP contribution in [0.1, 0.15) is 12.6 Å². The number of halogens is 2. The molecule has 0 amide bonds. The molecule has 0 spiro atoms. The largest absolute Gasteiger partial charge is 0.396 e. The summed E-state index contributed by atoms with van der Waals surface area (Å²) in [5.74, 6) is -3.04. The highest BCUT2D eigenvalue weighted by Gasteiger charge is 2.33. The molecule has 2 rings (SSSR count). The molecule has 80 valence electrons. The zero-order chi connectivity index (χ0) is 11.1. The zero-order valence-electron chi connectivity index (χ0n) is 7.82. The second-order valence-electron chi connectivity index (χ2n) is 3.06. The van der Waals surface area contributed by atoms with Crippen LogP contribution in [0.15, 0.2) is 17.8 Å². The predicted octanol–water partition coefficient (Wildman–Crippen LogP) is 2.02. The lowest BCUT2D eigenvalue weighted by atomic mass is 10.2. The molecule has 0 aliphatic carbocycles. The van der Waals surface area contributed by atoms with E-state index >= 15 is 0 Å². The first-order chi connectivity index (χ1) is 7.00. The summed E-state index contributed by atoms with van der Waals surface area (Å²) < 4.78 is 27.5. The summed E-state index contributed by atoms with van der Waals surface area (Å²) in [6.45, 7) is 0.782. The Kier molecular flexibility index (Phi) is 2.18. The standard InChI is InChI=1S/C8H8F2N4S/c1-8(9,10)6-5(11)4-13-14(6)7-12-2-3-15-7/h2-4H,11H2,1H3. The summed E-state index contributed by atoms with van der Waals surface area (Å²) in [7, 11) is 0. The van der Waals surface area contributed by atoms with Crippen LogP contribution in [0, 0.1) is 0 Å². The molecule has 4 nitrogen and oxygen atoms in total. The van der Waals surface area contributed by atoms with Crippen LogP contribution in [-0.4, -0.2) is 14.8 Å². The summed E-state index contributed by atoms with van der Waals surface area (Å²) >= 11 is 1.22. The van der Waals surface area contributed by atoms with Crippen molar-refractivity contribution in [2.24, 2.45) is 0 Å². The van der Waals surface area contributed by atoms with Crippen LogP contribution in [-0.2, 0) is 5.92 Å². The molecule has 2 aromatic rings. The number of alkyl halides is 2. The first kappa shape index (κ1) is 10.0. The van der Waals surface area contributed by atoms with Gasteiger partial charge in [0.05, 0.1) is 11.9 Å². The van der Waals surface area contributed by atoms with Gasteiger partial charge in [0.25, 0.3) is 5.92 Å². The van der Waals surface area contributed by atoms with Crippen LogP contribution in [0.2, 0.25) is 0 Å². The van der Waals surface area contributed by atoms with Gasteiger partial charge in [0, 0.05) is 18.5 Å². The first-order valence-corrected chi connectivity index (χ1v) is 5.00. The molecule has 0 aliphatic rings. The maximum Gasteiger partial charge on any atom is 0.289 e. The van der Waals surface area contributed by atoms with Crippen molar-refractivity contribution in [3.8, 4) is 5.13 Å². The predicted molar refractivity (Wildman–Crippen MR) is 53.2 cm³/mol. The highest BCUT2D eigenvalue weighted by atomic mass is 32.1. The zero-order valence-corrected chi connectivity index (χ0v) is 8.63. The number of thiazole rings is 1. The van der Waals surface area contributed by atoms with Crippen molar-refractivity contribution < 1.29 is 8.78 Å². The van der Waals surface area contributed by atoms with Gasteiger partial charge >= 0.3 is 0 Å². The van der Waals surface area contributed by atoms with Crippen molar-refractivity contribution in [2.45, 2.75) is 12.8 Å². The van der Waals surface area contributed by atoms with E-state index in [2.05, 4.69) is 10.1 Å². The Morgan fingerprint density at radius 1 is 1.53 bits per heavy atom. The van der Waals surface area contributed by atoms with E-state index in [4.69, 9.17) is 5.73 Å². The van der Waals surface area contributed by atoms with E-state index in [9.17, 15) is 8.78 Å². The van der Waals surface area contributed by atoms with Gasteiger partial charge in [0.2, 0.25) is 5.13 Å². The van der Waals surface area contributed by atoms with Crippen LogP contribution in [0.5, 0.6) is 0 Å². The fraction of sp³-hybridized carbons (Fsp3) is 0.250. The normalized spacial score (nSPS) is 11.9. The van der Waals surface area contributed by atoms with Crippen molar-refractivity contribution in [1.82, 2.24) is 14.8 Å². The molecule has 0 fully saturated rings. The molecule has 2 N–H and O–H groups in total. The van der Waals surface area contributed by atoms with Crippen molar-refractivity contribution >= 4 is 17.0 Å². The summed E-state index contributed by atoms with van der Waals surface area (Å²) in [5, 5.41) is 5.85. The Labute approximate surface area is 88.4 Å². The van der Waals surface area contributed by atoms with Crippen molar-refractivity contribution in [2.75, 3.05) is 5.73 Å². The minimum atomic E-state index is -3.04. The summed E-state index contributed by atoms with van der Waals surface area (Å²) in [4.78, 5) is 3.90. The molecule has 0 aromatic carbocycles. The number of anilines is 1. The van der Waals surface area contributed by atoms with Crippen molar-refractivity contribution in [3.63, 3.8) is 0 Å². The third kappa shape index (κ3) is 1.70. The SMILES string of the molecule is CC(F)(F)c1c(N)cnn1-c1nccs1. The number of hydrogen-bond acceptors (Lipinski definition) is 4. The maximum absolute atomic E-state index is 13.2. The van der Waals surface area contributed by atoms with E-state index in [1.54, 1.807) is 5.38 Å². The molecule has 0 unspecified atom stereocenters. The van der Waals surface area contributed by atoms with E-state index in [0.29, 0.717) is 5.13 Å². The monoisotopic (exact) mass is 230 g/mol. The number of nitrogens with two attached hydrogens (primary N) is 1. The number of hydrogen-bond donors (Lipinski definition) is 1. The van der Waals surface area contributed by atoms with E-state index in [1.807, 2.05) is 0 Å². The van der Waals surface area contributed by atoms with E-state index in [-0.39, 0.29) is 11.4 Å². The first-order valence-electron chi connectivity index (χ1n) is 4.12. The Balaban J connectivity index is 2.59. The molecule has 0 radical (unpaired) electrons. The Bertz CT molecular complexity index is 457. The van der Waals surface area contributed by atoms with Gasteiger partial charge in [0.1, 0.15) is 5.69 Å². The van der Waals surface area contributed by atoms with Crippen LogP contribution < -0.4 is 5.73 Å². The third-order valence-corrected chi connectivity index (χ3v) is 2.56. The lowest BCUT2D eigenvalue weighted by molar-refractivity contribution is 0.0111. The second kappa shape index (κ2) is 3.27. The topological polar surface area (TPSA) is 56.7 Å². The van der Waals surface area contributed by atoms with Gasteiger partial charge in [-0.2, -0.15) is 13.9 Å². The highest BCUT2D eigenvalue weighted by molar-refractivity contribution is 7.12. The molecule has 0 atom stereocenters. The van der Waals surface area contributed by atoms with Crippen LogP contribution in [0.3, 0.4) is 0 Å². The van der Waals surface area contributed by atoms with Gasteiger partial charge in [-0.15, -0.1) is 11.3 Å². The van der Waals surface area contributed by atoms with Gasteiger partial charge in [0.15, 0.2) is 0 Å². The molecule has 2 heterocycles. The number of nitrogens with zero attached hydrogens (tertiary/aromatic N) is 3. The molecule has 0 saturated heterocycles. The molecule has 0 bridgehead atoms. The third-order valence-electron chi connectivity index (χ3n) is 1.81. The molecule has 7 heteroatoms. The summed E-state index contributed by atoms with van der Waals surface area (Å²) in [5.41, 5.74) is 5.10. The molecule has 0 saturated carbocycles. The highest BCUT2D eigenvalue weighted by Crippen LogP contribution is 2.33. The molecular formula is C8H8F2N4S. The fourth-order valence-corrected chi connectivity index (χ4v) is 1.87. The summed E-state index contributed by atoms with van der Waals surface area (Å²) in [6.07, 6.45) is 2.73. The average molecular weight is 230 g/mol. The van der Waals surface area contributed by atoms with Crippen LogP contribution >= 0.6 is 11.3 Å². The molecular weight excluding hydrogens is 222 g/mol. The van der Waals surface area contributed by atoms with Gasteiger partial charge < -0.3 is 5.73 Å². The van der Waals surface area contributed by atoms with E-state index < -0.39 is 5.92 Å². The number of rotatable bonds is 2. The van der Waals surface area contributed by atoms with Gasteiger partial charge in [-0.3, -0.25) is 0 Å². The minimum absolute atomic E-state index is 0.0299. The van der Waals surface area contributed by atoms with Crippen LogP contribution in [0.4, 0.5) is 14.5 Å². The smallest absolute Gasteiger partial charge is 0.289 e. The molecule has 15 heavy (non-hydrogen) atoms. The van der Waals surface area contributed by atoms with Crippen LogP contribution in [0.25, 0.3) is 5.13 Å².